The molecule has 2 aromatic heterocycles. The van der Waals surface area contributed by atoms with Crippen LogP contribution in [0, 0.1) is 0 Å². The molecule has 2 aliphatic heterocycles. The highest BCUT2D eigenvalue weighted by Gasteiger charge is 2.39. The van der Waals surface area contributed by atoms with E-state index in [1.54, 1.807) is 43.4 Å². The number of rotatable bonds is 12. The maximum absolute atomic E-state index is 14.3. The molecule has 0 aliphatic carbocycles. The molecule has 8 rings (SSSR count). The minimum absolute atomic E-state index is 0.0222. The molecule has 13 heteroatoms. The van der Waals surface area contributed by atoms with Gasteiger partial charge < -0.3 is 24.6 Å². The van der Waals surface area contributed by atoms with Gasteiger partial charge in [0, 0.05) is 25.5 Å². The fourth-order valence-electron chi connectivity index (χ4n) is 8.69. The number of alkyl carbamates (subject to hydrolysis) is 1. The number of esters is 1. The van der Waals surface area contributed by atoms with Gasteiger partial charge in [-0.25, -0.2) is 14.8 Å². The smallest absolute Gasteiger partial charge is 0.408 e. The van der Waals surface area contributed by atoms with E-state index in [4.69, 9.17) is 19.4 Å². The third-order valence-electron chi connectivity index (χ3n) is 11.7. The molecule has 2 saturated heterocycles. The van der Waals surface area contributed by atoms with E-state index < -0.39 is 35.2 Å². The molecular formula is C53H57N5O6S2. The molecule has 66 heavy (non-hydrogen) atoms. The van der Waals surface area contributed by atoms with Crippen LogP contribution in [0.3, 0.4) is 0 Å². The van der Waals surface area contributed by atoms with E-state index in [0.29, 0.717) is 18.7 Å². The van der Waals surface area contributed by atoms with Gasteiger partial charge in [-0.05, 0) is 101 Å². The molecule has 6 aromatic rings. The summed E-state index contributed by atoms with van der Waals surface area (Å²) in [5, 5.41) is 4.60. The molecule has 342 valence electrons. The summed E-state index contributed by atoms with van der Waals surface area (Å²) in [6.45, 7) is 12.1. The average molecular weight is 924 g/mol. The number of hydrogen-bond acceptors (Lipinski definition) is 10. The number of hydrogen-bond donors (Lipinski definition) is 1. The van der Waals surface area contributed by atoms with Gasteiger partial charge in [0.05, 0.1) is 34.2 Å². The highest BCUT2D eigenvalue weighted by molar-refractivity contribution is 7.15. The minimum Gasteiger partial charge on any atom is -0.460 e. The largest absolute Gasteiger partial charge is 0.460 e. The van der Waals surface area contributed by atoms with Crippen LogP contribution in [0.25, 0.3) is 32.0 Å². The number of benzene rings is 4. The molecule has 4 heterocycles. The van der Waals surface area contributed by atoms with E-state index in [2.05, 4.69) is 53.8 Å². The van der Waals surface area contributed by atoms with Gasteiger partial charge >= 0.3 is 12.1 Å². The Kier molecular flexibility index (Phi) is 13.9. The lowest BCUT2D eigenvalue weighted by molar-refractivity contribution is -0.157. The fraction of sp³-hybridized carbons (Fsp3) is 0.358. The first kappa shape index (κ1) is 46.4. The Bertz CT molecular complexity index is 2450. The molecule has 2 aliphatic rings. The maximum Gasteiger partial charge on any atom is 0.408 e. The van der Waals surface area contributed by atoms with Gasteiger partial charge in [-0.2, -0.15) is 0 Å². The molecule has 2 fully saturated rings. The molecule has 4 atom stereocenters. The summed E-state index contributed by atoms with van der Waals surface area (Å²) in [5.74, 6) is -1.29. The van der Waals surface area contributed by atoms with Crippen LogP contribution >= 0.6 is 22.7 Å². The Morgan fingerprint density at radius 2 is 1.05 bits per heavy atom. The summed E-state index contributed by atoms with van der Waals surface area (Å²) < 4.78 is 11.2. The van der Waals surface area contributed by atoms with Crippen molar-refractivity contribution in [1.82, 2.24) is 25.1 Å². The first-order chi connectivity index (χ1) is 31.6. The molecule has 4 aromatic carbocycles. The third-order valence-corrected chi connectivity index (χ3v) is 14.0. The van der Waals surface area contributed by atoms with E-state index in [1.165, 1.54) is 0 Å². The molecule has 0 unspecified atom stereocenters. The lowest BCUT2D eigenvalue weighted by Gasteiger charge is -2.29. The first-order valence-corrected chi connectivity index (χ1v) is 24.3. The van der Waals surface area contributed by atoms with Crippen LogP contribution in [0.1, 0.15) is 119 Å². The van der Waals surface area contributed by atoms with Gasteiger partial charge in [0.2, 0.25) is 5.91 Å². The topological polar surface area (TPSA) is 131 Å². The van der Waals surface area contributed by atoms with Crippen molar-refractivity contribution in [2.75, 3.05) is 13.1 Å². The van der Waals surface area contributed by atoms with Gasteiger partial charge in [0.1, 0.15) is 27.3 Å². The highest BCUT2D eigenvalue weighted by Crippen LogP contribution is 2.41. The van der Waals surface area contributed by atoms with Crippen molar-refractivity contribution in [2.24, 2.45) is 0 Å². The number of amides is 3. The first-order valence-electron chi connectivity index (χ1n) is 22.6. The van der Waals surface area contributed by atoms with Crippen molar-refractivity contribution in [3.05, 3.63) is 143 Å². The molecule has 0 spiro atoms. The van der Waals surface area contributed by atoms with Gasteiger partial charge in [-0.15, -0.1) is 22.7 Å². The summed E-state index contributed by atoms with van der Waals surface area (Å²) >= 11 is 3.20. The lowest BCUT2D eigenvalue weighted by Crippen LogP contribution is -2.44. The van der Waals surface area contributed by atoms with Gasteiger partial charge in [-0.1, -0.05) is 109 Å². The van der Waals surface area contributed by atoms with Crippen molar-refractivity contribution in [2.45, 2.75) is 109 Å². The van der Waals surface area contributed by atoms with E-state index in [-0.39, 0.29) is 30.3 Å². The predicted molar refractivity (Wildman–Crippen MR) is 260 cm³/mol. The fourth-order valence-corrected chi connectivity index (χ4v) is 10.8. The van der Waals surface area contributed by atoms with Gasteiger partial charge in [-0.3, -0.25) is 14.4 Å². The molecule has 3 amide bonds. The normalized spacial score (nSPS) is 17.3. The second kappa shape index (κ2) is 19.7. The number of nitrogens with one attached hydrogen (secondary N) is 1. The van der Waals surface area contributed by atoms with Crippen LogP contribution in [0.2, 0.25) is 0 Å². The van der Waals surface area contributed by atoms with Crippen molar-refractivity contribution in [3.8, 4) is 32.0 Å². The Hall–Kier alpha value is -6.18. The second-order valence-electron chi connectivity index (χ2n) is 18.9. The summed E-state index contributed by atoms with van der Waals surface area (Å²) in [7, 11) is 0. The summed E-state index contributed by atoms with van der Waals surface area (Å²) in [4.78, 5) is 69.8. The molecule has 1 N–H and O–H groups in total. The standard InChI is InChI=1S/C53H57N5O6S2/c1-52(2,3)63-45(59)31-40(36-15-9-7-10-16-36)49(60)57-29-13-19-41(57)47-54-32-43(65-47)37-25-21-34(22-26-37)35-23-27-38(28-24-35)44-33-55-48(66-44)42-20-14-30-58(42)50(61)46(39-17-11-8-12-18-39)56-51(62)64-53(4,5)6/h7-12,15-18,21-28,32-33,40-42,46H,13-14,19-20,29-31H2,1-6H3,(H,56,62)/t40-,41+,42+,46-/m0/s1. The van der Waals surface area contributed by atoms with Crippen molar-refractivity contribution in [3.63, 3.8) is 0 Å². The third kappa shape index (κ3) is 11.1. The van der Waals surface area contributed by atoms with Crippen LogP contribution < -0.4 is 5.32 Å². The van der Waals surface area contributed by atoms with Crippen LogP contribution in [-0.2, 0) is 23.9 Å². The van der Waals surface area contributed by atoms with E-state index in [9.17, 15) is 19.2 Å². The molecule has 0 radical (unpaired) electrons. The number of nitrogens with zero attached hydrogens (tertiary/aromatic N) is 4. The maximum atomic E-state index is 14.3. The van der Waals surface area contributed by atoms with Gasteiger partial charge in [0.15, 0.2) is 0 Å². The Labute approximate surface area is 395 Å². The quantitative estimate of drug-likeness (QED) is 0.120. The number of carbonyl (C=O) groups excluding carboxylic acids is 4. The minimum atomic E-state index is -0.889. The summed E-state index contributed by atoms with van der Waals surface area (Å²) in [5.41, 5.74) is 4.41. The van der Waals surface area contributed by atoms with Crippen molar-refractivity contribution < 1.29 is 28.7 Å². The predicted octanol–water partition coefficient (Wildman–Crippen LogP) is 11.7. The number of carbonyl (C=O) groups is 4. The monoisotopic (exact) mass is 923 g/mol. The second-order valence-corrected chi connectivity index (χ2v) is 21.0. The SMILES string of the molecule is CC(C)(C)OC(=O)C[C@H](C(=O)N1CCC[C@@H]1c1ncc(-c2ccc(-c3ccc(-c4cnc([C@H]5CCCN5C(=O)[C@@H](NC(=O)OC(C)(C)C)c5ccccc5)s4)cc3)cc2)s1)c1ccccc1. The number of aromatic nitrogens is 2. The zero-order valence-electron chi connectivity index (χ0n) is 38.4. The lowest BCUT2D eigenvalue weighted by atomic mass is 9.93. The zero-order valence-corrected chi connectivity index (χ0v) is 40.0. The summed E-state index contributed by atoms with van der Waals surface area (Å²) in [6.07, 6.45) is 6.42. The highest BCUT2D eigenvalue weighted by atomic mass is 32.1. The van der Waals surface area contributed by atoms with Crippen molar-refractivity contribution in [1.29, 1.82) is 0 Å². The number of ether oxygens (including phenoxy) is 2. The van der Waals surface area contributed by atoms with E-state index in [1.807, 2.05) is 104 Å². The molecule has 0 bridgehead atoms. The number of thiazole rings is 2. The Balaban J connectivity index is 0.922. The van der Waals surface area contributed by atoms with Crippen LogP contribution in [0.15, 0.2) is 122 Å². The zero-order chi connectivity index (χ0) is 46.6. The molecular weight excluding hydrogens is 867 g/mol. The summed E-state index contributed by atoms with van der Waals surface area (Å²) in [6, 6.07) is 34.5. The molecule has 0 saturated carbocycles. The van der Waals surface area contributed by atoms with E-state index >= 15 is 0 Å². The molecule has 11 nitrogen and oxygen atoms in total. The Morgan fingerprint density at radius 1 is 0.606 bits per heavy atom. The van der Waals surface area contributed by atoms with Crippen LogP contribution in [-0.4, -0.2) is 67.9 Å². The van der Waals surface area contributed by atoms with Gasteiger partial charge in [0.25, 0.3) is 5.91 Å². The van der Waals surface area contributed by atoms with Crippen LogP contribution in [0.5, 0.6) is 0 Å². The average Bonchev–Trinajstić information content (AvgIpc) is 4.14. The van der Waals surface area contributed by atoms with Crippen LogP contribution in [0.4, 0.5) is 4.79 Å². The number of likely N-dealkylation sites (tertiary alicyclic amines) is 2. The van der Waals surface area contributed by atoms with Crippen molar-refractivity contribution >= 4 is 46.6 Å². The van der Waals surface area contributed by atoms with E-state index in [0.717, 1.165) is 73.3 Å². The Morgan fingerprint density at radius 3 is 1.52 bits per heavy atom.